The highest BCUT2D eigenvalue weighted by atomic mass is 16.5. The highest BCUT2D eigenvalue weighted by Gasteiger charge is 2.20. The van der Waals surface area contributed by atoms with Crippen molar-refractivity contribution in [3.63, 3.8) is 0 Å². The third kappa shape index (κ3) is 3.28. The van der Waals surface area contributed by atoms with E-state index < -0.39 is 0 Å². The molecular weight excluding hydrogens is 220 g/mol. The van der Waals surface area contributed by atoms with E-state index in [0.29, 0.717) is 12.0 Å². The van der Waals surface area contributed by atoms with Crippen LogP contribution in [0.5, 0.6) is 5.75 Å². The van der Waals surface area contributed by atoms with Gasteiger partial charge in [0.15, 0.2) is 0 Å². The minimum atomic E-state index is 0.426. The van der Waals surface area contributed by atoms with Crippen LogP contribution in [0.25, 0.3) is 0 Å². The van der Waals surface area contributed by atoms with Crippen LogP contribution in [-0.4, -0.2) is 6.10 Å². The summed E-state index contributed by atoms with van der Waals surface area (Å²) in [6.07, 6.45) is 5.54. The Morgan fingerprint density at radius 2 is 2.00 bits per heavy atom. The van der Waals surface area contributed by atoms with Crippen molar-refractivity contribution in [3.05, 3.63) is 29.3 Å². The van der Waals surface area contributed by atoms with Gasteiger partial charge in [-0.25, -0.2) is 0 Å². The van der Waals surface area contributed by atoms with Crippen molar-refractivity contribution in [2.24, 2.45) is 5.92 Å². The molecule has 1 aliphatic rings. The molecule has 1 nitrogen and oxygen atoms in total. The molecule has 0 radical (unpaired) electrons. The van der Waals surface area contributed by atoms with E-state index in [1.165, 1.54) is 36.8 Å². The molecule has 0 aliphatic heterocycles. The van der Waals surface area contributed by atoms with Crippen molar-refractivity contribution in [1.82, 2.24) is 0 Å². The van der Waals surface area contributed by atoms with Crippen LogP contribution in [0.2, 0.25) is 0 Å². The van der Waals surface area contributed by atoms with Gasteiger partial charge < -0.3 is 4.74 Å². The Morgan fingerprint density at radius 3 is 2.67 bits per heavy atom. The van der Waals surface area contributed by atoms with Gasteiger partial charge in [-0.2, -0.15) is 0 Å². The molecule has 1 aromatic rings. The zero-order valence-electron chi connectivity index (χ0n) is 12.2. The maximum Gasteiger partial charge on any atom is 0.122 e. The minimum absolute atomic E-state index is 0.426. The van der Waals surface area contributed by atoms with Gasteiger partial charge in [0, 0.05) is 0 Å². The molecule has 0 amide bonds. The van der Waals surface area contributed by atoms with Gasteiger partial charge >= 0.3 is 0 Å². The lowest BCUT2D eigenvalue weighted by molar-refractivity contribution is 0.128. The normalized spacial score (nSPS) is 24.3. The highest BCUT2D eigenvalue weighted by molar-refractivity contribution is 5.38. The van der Waals surface area contributed by atoms with Gasteiger partial charge in [0.1, 0.15) is 5.75 Å². The molecule has 1 saturated carbocycles. The van der Waals surface area contributed by atoms with Crippen LogP contribution in [0.3, 0.4) is 0 Å². The zero-order chi connectivity index (χ0) is 13.1. The second-order valence-electron chi connectivity index (χ2n) is 6.19. The summed E-state index contributed by atoms with van der Waals surface area (Å²) in [6, 6.07) is 6.65. The molecule has 0 N–H and O–H groups in total. The average Bonchev–Trinajstić information content (AvgIpc) is 2.31. The molecule has 1 heteroatoms. The molecule has 0 heterocycles. The van der Waals surface area contributed by atoms with Crippen LogP contribution in [-0.2, 0) is 0 Å². The van der Waals surface area contributed by atoms with E-state index in [9.17, 15) is 0 Å². The molecule has 0 spiro atoms. The number of hydrogen-bond donors (Lipinski definition) is 0. The van der Waals surface area contributed by atoms with E-state index in [1.807, 2.05) is 0 Å². The van der Waals surface area contributed by atoms with E-state index in [2.05, 4.69) is 45.9 Å². The largest absolute Gasteiger partial charge is 0.490 e. The van der Waals surface area contributed by atoms with Crippen molar-refractivity contribution in [2.45, 2.75) is 65.4 Å². The first-order valence-electron chi connectivity index (χ1n) is 7.33. The molecule has 100 valence electrons. The van der Waals surface area contributed by atoms with Gasteiger partial charge in [0.2, 0.25) is 0 Å². The Kier molecular flexibility index (Phi) is 4.31. The Bertz CT molecular complexity index is 395. The standard InChI is InChI=1S/C17H26O/c1-12(2)15-9-8-14(4)17(11-15)18-16-7-5-6-13(3)10-16/h8-9,11-13,16H,5-7,10H2,1-4H3. The Hall–Kier alpha value is -0.980. The summed E-state index contributed by atoms with van der Waals surface area (Å²) in [5, 5.41) is 0. The third-order valence-electron chi connectivity index (χ3n) is 4.06. The molecule has 0 bridgehead atoms. The van der Waals surface area contributed by atoms with E-state index >= 15 is 0 Å². The highest BCUT2D eigenvalue weighted by Crippen LogP contribution is 2.30. The minimum Gasteiger partial charge on any atom is -0.490 e. The summed E-state index contributed by atoms with van der Waals surface area (Å²) in [4.78, 5) is 0. The van der Waals surface area contributed by atoms with E-state index in [1.54, 1.807) is 0 Å². The molecule has 1 aromatic carbocycles. The predicted molar refractivity (Wildman–Crippen MR) is 77.3 cm³/mol. The quantitative estimate of drug-likeness (QED) is 0.723. The molecule has 0 aromatic heterocycles. The van der Waals surface area contributed by atoms with Crippen molar-refractivity contribution in [2.75, 3.05) is 0 Å². The van der Waals surface area contributed by atoms with Gasteiger partial charge in [0.05, 0.1) is 6.10 Å². The van der Waals surface area contributed by atoms with Crippen molar-refractivity contribution < 1.29 is 4.74 Å². The van der Waals surface area contributed by atoms with Gasteiger partial charge in [-0.3, -0.25) is 0 Å². The maximum atomic E-state index is 6.25. The van der Waals surface area contributed by atoms with Gasteiger partial charge in [-0.05, 0) is 55.2 Å². The summed E-state index contributed by atoms with van der Waals surface area (Å²) in [7, 11) is 0. The second kappa shape index (κ2) is 5.77. The summed E-state index contributed by atoms with van der Waals surface area (Å²) in [6.45, 7) is 8.95. The Morgan fingerprint density at radius 1 is 1.22 bits per heavy atom. The molecule has 2 rings (SSSR count). The number of rotatable bonds is 3. The van der Waals surface area contributed by atoms with Crippen LogP contribution >= 0.6 is 0 Å². The number of ether oxygens (including phenoxy) is 1. The Balaban J connectivity index is 2.10. The van der Waals surface area contributed by atoms with Crippen LogP contribution in [0.1, 0.15) is 63.5 Å². The molecule has 18 heavy (non-hydrogen) atoms. The summed E-state index contributed by atoms with van der Waals surface area (Å²) < 4.78 is 6.25. The first-order chi connectivity index (χ1) is 8.56. The summed E-state index contributed by atoms with van der Waals surface area (Å²) >= 11 is 0. The fraction of sp³-hybridized carbons (Fsp3) is 0.647. The molecule has 1 aliphatic carbocycles. The molecule has 1 fully saturated rings. The van der Waals surface area contributed by atoms with Crippen LogP contribution in [0.15, 0.2) is 18.2 Å². The van der Waals surface area contributed by atoms with Crippen LogP contribution in [0, 0.1) is 12.8 Å². The first kappa shape index (κ1) is 13.5. The van der Waals surface area contributed by atoms with Gasteiger partial charge in [-0.1, -0.05) is 39.3 Å². The first-order valence-corrected chi connectivity index (χ1v) is 7.33. The van der Waals surface area contributed by atoms with E-state index in [-0.39, 0.29) is 0 Å². The van der Waals surface area contributed by atoms with E-state index in [0.717, 1.165) is 11.7 Å². The van der Waals surface area contributed by atoms with Crippen LogP contribution < -0.4 is 4.74 Å². The van der Waals surface area contributed by atoms with Gasteiger partial charge in [0.25, 0.3) is 0 Å². The SMILES string of the molecule is Cc1ccc(C(C)C)cc1OC1CCCC(C)C1. The fourth-order valence-electron chi connectivity index (χ4n) is 2.77. The average molecular weight is 246 g/mol. The third-order valence-corrected chi connectivity index (χ3v) is 4.06. The topological polar surface area (TPSA) is 9.23 Å². The van der Waals surface area contributed by atoms with E-state index in [4.69, 9.17) is 4.74 Å². The number of aryl methyl sites for hydroxylation is 1. The van der Waals surface area contributed by atoms with Gasteiger partial charge in [-0.15, -0.1) is 0 Å². The van der Waals surface area contributed by atoms with Crippen molar-refractivity contribution in [3.8, 4) is 5.75 Å². The predicted octanol–water partition coefficient (Wildman–Crippen LogP) is 5.08. The van der Waals surface area contributed by atoms with Crippen molar-refractivity contribution in [1.29, 1.82) is 0 Å². The van der Waals surface area contributed by atoms with Crippen LogP contribution in [0.4, 0.5) is 0 Å². The zero-order valence-corrected chi connectivity index (χ0v) is 12.2. The maximum absolute atomic E-state index is 6.25. The second-order valence-corrected chi connectivity index (χ2v) is 6.19. The molecule has 2 unspecified atom stereocenters. The summed E-state index contributed by atoms with van der Waals surface area (Å²) in [5.74, 6) is 2.48. The number of benzene rings is 1. The Labute approximate surface area is 112 Å². The smallest absolute Gasteiger partial charge is 0.122 e. The lowest BCUT2D eigenvalue weighted by atomic mass is 9.88. The monoisotopic (exact) mass is 246 g/mol. The van der Waals surface area contributed by atoms with Crippen molar-refractivity contribution >= 4 is 0 Å². The molecular formula is C17H26O. The molecule has 0 saturated heterocycles. The summed E-state index contributed by atoms with van der Waals surface area (Å²) in [5.41, 5.74) is 2.64. The number of hydrogen-bond acceptors (Lipinski definition) is 1. The lowest BCUT2D eigenvalue weighted by Crippen LogP contribution is -2.24. The molecule has 2 atom stereocenters. The fourth-order valence-corrected chi connectivity index (χ4v) is 2.77. The lowest BCUT2D eigenvalue weighted by Gasteiger charge is -2.28.